The number of aliphatic hydroxyl groups excluding tert-OH is 1. The van der Waals surface area contributed by atoms with Crippen molar-refractivity contribution < 1.29 is 13.5 Å². The highest BCUT2D eigenvalue weighted by Gasteiger charge is 2.27. The van der Waals surface area contributed by atoms with Crippen LogP contribution in [0.25, 0.3) is 11.3 Å². The number of rotatable bonds is 8. The van der Waals surface area contributed by atoms with Gasteiger partial charge in [0.05, 0.1) is 16.7 Å². The topological polar surface area (TPSA) is 104 Å². The molecule has 1 aliphatic rings. The van der Waals surface area contributed by atoms with Crippen LogP contribution >= 0.6 is 0 Å². The molecule has 3 aromatic rings. The average molecular weight is 410 g/mol. The number of anilines is 1. The molecule has 1 saturated carbocycles. The summed E-state index contributed by atoms with van der Waals surface area (Å²) in [5.74, 6) is 0.581. The first-order valence-corrected chi connectivity index (χ1v) is 10.9. The van der Waals surface area contributed by atoms with Crippen LogP contribution in [0.4, 0.5) is 5.82 Å². The van der Waals surface area contributed by atoms with E-state index in [1.54, 1.807) is 30.3 Å². The highest BCUT2D eigenvalue weighted by molar-refractivity contribution is 7.89. The number of benzene rings is 2. The van der Waals surface area contributed by atoms with Gasteiger partial charge in [-0.15, -0.1) is 0 Å². The summed E-state index contributed by atoms with van der Waals surface area (Å²) in [5.41, 5.74) is 2.27. The highest BCUT2D eigenvalue weighted by Crippen LogP contribution is 2.24. The van der Waals surface area contributed by atoms with Gasteiger partial charge in [0.15, 0.2) is 0 Å². The number of aromatic nitrogens is 2. The Labute approximate surface area is 169 Å². The zero-order valence-electron chi connectivity index (χ0n) is 15.7. The Morgan fingerprint density at radius 1 is 1.03 bits per heavy atom. The van der Waals surface area contributed by atoms with Crippen molar-refractivity contribution in [3.8, 4) is 11.3 Å². The van der Waals surface area contributed by atoms with Gasteiger partial charge in [-0.2, -0.15) is 0 Å². The van der Waals surface area contributed by atoms with Crippen LogP contribution < -0.4 is 10.0 Å². The lowest BCUT2D eigenvalue weighted by atomic mass is 10.1. The van der Waals surface area contributed by atoms with Crippen molar-refractivity contribution >= 4 is 15.8 Å². The molecule has 0 amide bonds. The van der Waals surface area contributed by atoms with Crippen LogP contribution in [0, 0.1) is 0 Å². The van der Waals surface area contributed by atoms with E-state index in [9.17, 15) is 13.5 Å². The zero-order valence-corrected chi connectivity index (χ0v) is 16.5. The van der Waals surface area contributed by atoms with Gasteiger partial charge in [0.25, 0.3) is 0 Å². The molecule has 0 bridgehead atoms. The Balaban J connectivity index is 1.44. The third-order valence-corrected chi connectivity index (χ3v) is 6.22. The van der Waals surface area contributed by atoms with E-state index >= 15 is 0 Å². The minimum atomic E-state index is -3.47. The van der Waals surface area contributed by atoms with E-state index in [0.29, 0.717) is 18.1 Å². The summed E-state index contributed by atoms with van der Waals surface area (Å²) >= 11 is 0. The molecule has 7 nitrogen and oxygen atoms in total. The molecule has 0 unspecified atom stereocenters. The molecular formula is C21H22N4O3S. The smallest absolute Gasteiger partial charge is 0.240 e. The van der Waals surface area contributed by atoms with Gasteiger partial charge in [-0.05, 0) is 30.5 Å². The fourth-order valence-corrected chi connectivity index (χ4v) is 4.20. The van der Waals surface area contributed by atoms with Crippen LogP contribution in [-0.4, -0.2) is 36.1 Å². The Morgan fingerprint density at radius 3 is 2.45 bits per heavy atom. The molecule has 0 radical (unpaired) electrons. The van der Waals surface area contributed by atoms with Gasteiger partial charge in [-0.3, -0.25) is 0 Å². The lowest BCUT2D eigenvalue weighted by molar-refractivity contribution is 0.191. The van der Waals surface area contributed by atoms with Crippen LogP contribution in [-0.2, 0) is 10.0 Å². The predicted molar refractivity (Wildman–Crippen MR) is 111 cm³/mol. The normalized spacial score (nSPS) is 15.1. The van der Waals surface area contributed by atoms with Crippen molar-refractivity contribution in [2.24, 2.45) is 0 Å². The van der Waals surface area contributed by atoms with Gasteiger partial charge in [0, 0.05) is 24.2 Å². The molecule has 0 saturated heterocycles. The maximum atomic E-state index is 12.3. The van der Waals surface area contributed by atoms with Crippen molar-refractivity contribution in [3.63, 3.8) is 0 Å². The van der Waals surface area contributed by atoms with E-state index in [1.165, 1.54) is 6.33 Å². The van der Waals surface area contributed by atoms with Crippen molar-refractivity contribution in [3.05, 3.63) is 72.6 Å². The quantitative estimate of drug-likeness (QED) is 0.527. The van der Waals surface area contributed by atoms with Gasteiger partial charge < -0.3 is 10.4 Å². The number of hydrogen-bond acceptors (Lipinski definition) is 6. The Bertz CT molecular complexity index is 1070. The van der Waals surface area contributed by atoms with Gasteiger partial charge in [-0.25, -0.2) is 23.1 Å². The second-order valence-electron chi connectivity index (χ2n) is 7.02. The van der Waals surface area contributed by atoms with Crippen LogP contribution in [0.1, 0.15) is 24.5 Å². The lowest BCUT2D eigenvalue weighted by Gasteiger charge is -2.13. The maximum Gasteiger partial charge on any atom is 0.240 e. The number of nitrogens with one attached hydrogen (secondary N) is 2. The molecule has 150 valence electrons. The highest BCUT2D eigenvalue weighted by atomic mass is 32.2. The van der Waals surface area contributed by atoms with Crippen LogP contribution in [0.2, 0.25) is 0 Å². The molecule has 0 aliphatic heterocycles. The first-order chi connectivity index (χ1) is 14.0. The summed E-state index contributed by atoms with van der Waals surface area (Å²) < 4.78 is 27.2. The monoisotopic (exact) mass is 410 g/mol. The number of aliphatic hydroxyl groups is 1. The number of hydrogen-bond donors (Lipinski definition) is 3. The van der Waals surface area contributed by atoms with Gasteiger partial charge in [0.2, 0.25) is 10.0 Å². The summed E-state index contributed by atoms with van der Waals surface area (Å²) in [6, 6.07) is 17.8. The van der Waals surface area contributed by atoms with Crippen molar-refractivity contribution in [1.29, 1.82) is 0 Å². The molecule has 3 N–H and O–H groups in total. The summed E-state index contributed by atoms with van der Waals surface area (Å²) in [6.07, 6.45) is 2.57. The summed E-state index contributed by atoms with van der Waals surface area (Å²) in [6.45, 7) is 0.310. The van der Waals surface area contributed by atoms with Gasteiger partial charge in [-0.1, -0.05) is 42.5 Å². The number of sulfonamides is 1. The lowest BCUT2D eigenvalue weighted by Crippen LogP contribution is -2.25. The molecule has 29 heavy (non-hydrogen) atoms. The largest absolute Gasteiger partial charge is 0.387 e. The minimum absolute atomic E-state index is 0.0708. The molecule has 4 rings (SSSR count). The predicted octanol–water partition coefficient (Wildman–Crippen LogP) is 2.73. The molecule has 1 heterocycles. The summed E-state index contributed by atoms with van der Waals surface area (Å²) in [7, 11) is -3.47. The first kappa shape index (κ1) is 19.5. The molecule has 0 spiro atoms. The van der Waals surface area contributed by atoms with E-state index in [2.05, 4.69) is 20.0 Å². The molecule has 1 aromatic heterocycles. The average Bonchev–Trinajstić information content (AvgIpc) is 3.56. The standard InChI is InChI=1S/C21H22N4O3S/c26-20(16-4-2-1-3-5-16)13-22-21-12-19(23-14-24-21)15-6-10-18(11-7-15)29(27,28)25-17-8-9-17/h1-7,10-12,14,17,20,25-26H,8-9,13H2,(H,22,23,24)/t20-/m0/s1. The van der Waals surface area contributed by atoms with Gasteiger partial charge >= 0.3 is 0 Å². The van der Waals surface area contributed by atoms with E-state index in [1.807, 2.05) is 30.3 Å². The van der Waals surface area contributed by atoms with E-state index < -0.39 is 16.1 Å². The molecular weight excluding hydrogens is 388 g/mol. The third kappa shape index (κ3) is 4.97. The Hall–Kier alpha value is -2.81. The van der Waals surface area contributed by atoms with E-state index in [-0.39, 0.29) is 10.9 Å². The van der Waals surface area contributed by atoms with Gasteiger partial charge in [0.1, 0.15) is 12.1 Å². The molecule has 8 heteroatoms. The minimum Gasteiger partial charge on any atom is -0.387 e. The van der Waals surface area contributed by atoms with Crippen LogP contribution in [0.5, 0.6) is 0 Å². The van der Waals surface area contributed by atoms with E-state index in [4.69, 9.17) is 0 Å². The summed E-state index contributed by atoms with van der Waals surface area (Å²) in [4.78, 5) is 8.70. The van der Waals surface area contributed by atoms with Crippen LogP contribution in [0.3, 0.4) is 0 Å². The third-order valence-electron chi connectivity index (χ3n) is 4.69. The number of nitrogens with zero attached hydrogens (tertiary/aromatic N) is 2. The van der Waals surface area contributed by atoms with Crippen molar-refractivity contribution in [1.82, 2.24) is 14.7 Å². The van der Waals surface area contributed by atoms with Crippen LogP contribution in [0.15, 0.2) is 71.9 Å². The molecule has 1 fully saturated rings. The fourth-order valence-electron chi connectivity index (χ4n) is 2.90. The zero-order chi connectivity index (χ0) is 20.3. The first-order valence-electron chi connectivity index (χ1n) is 9.43. The van der Waals surface area contributed by atoms with Crippen molar-refractivity contribution in [2.45, 2.75) is 29.9 Å². The SMILES string of the molecule is O=S(=O)(NC1CC1)c1ccc(-c2cc(NC[C@H](O)c3ccccc3)ncn2)cc1. The Kier molecular flexibility index (Phi) is 5.57. The van der Waals surface area contributed by atoms with Crippen molar-refractivity contribution in [2.75, 3.05) is 11.9 Å². The maximum absolute atomic E-state index is 12.3. The Morgan fingerprint density at radius 2 is 1.76 bits per heavy atom. The summed E-state index contributed by atoms with van der Waals surface area (Å²) in [5, 5.41) is 13.4. The molecule has 1 aliphatic carbocycles. The molecule has 2 aromatic carbocycles. The van der Waals surface area contributed by atoms with E-state index in [0.717, 1.165) is 24.0 Å². The second kappa shape index (κ2) is 8.28. The second-order valence-corrected chi connectivity index (χ2v) is 8.73. The fraction of sp³-hybridized carbons (Fsp3) is 0.238. The molecule has 1 atom stereocenters.